The van der Waals surface area contributed by atoms with Gasteiger partial charge in [-0.1, -0.05) is 0 Å². The third-order valence-electron chi connectivity index (χ3n) is 2.82. The van der Waals surface area contributed by atoms with Gasteiger partial charge < -0.3 is 0 Å². The van der Waals surface area contributed by atoms with Crippen molar-refractivity contribution < 1.29 is 14.4 Å². The third kappa shape index (κ3) is 2.81. The van der Waals surface area contributed by atoms with Crippen molar-refractivity contribution in [1.29, 1.82) is 0 Å². The van der Waals surface area contributed by atoms with E-state index in [1.165, 1.54) is 17.4 Å². The molecule has 0 saturated carbocycles. The molecule has 8 heteroatoms. The molecule has 1 atom stereocenters. The van der Waals surface area contributed by atoms with Crippen LogP contribution in [-0.2, 0) is 9.59 Å². The summed E-state index contributed by atoms with van der Waals surface area (Å²) in [6.07, 6.45) is 2.99. The van der Waals surface area contributed by atoms with Gasteiger partial charge in [-0.15, -0.1) is 0 Å². The lowest BCUT2D eigenvalue weighted by atomic mass is 10.2. The summed E-state index contributed by atoms with van der Waals surface area (Å²) in [5.41, 5.74) is 5.41. The molecule has 20 heavy (non-hydrogen) atoms. The van der Waals surface area contributed by atoms with Crippen molar-refractivity contribution in [3.8, 4) is 0 Å². The molecule has 1 aromatic heterocycles. The third-order valence-corrected chi connectivity index (χ3v) is 2.82. The van der Waals surface area contributed by atoms with Crippen LogP contribution in [0.25, 0.3) is 0 Å². The number of amides is 3. The first-order valence-corrected chi connectivity index (χ1v) is 6.00. The van der Waals surface area contributed by atoms with Gasteiger partial charge in [0.2, 0.25) is 5.91 Å². The predicted octanol–water partition coefficient (Wildman–Crippen LogP) is -1.08. The minimum Gasteiger partial charge on any atom is -0.287 e. The molecule has 1 fully saturated rings. The van der Waals surface area contributed by atoms with E-state index in [2.05, 4.69) is 15.8 Å². The van der Waals surface area contributed by atoms with Crippen molar-refractivity contribution in [3.05, 3.63) is 30.1 Å². The normalized spacial score (nSPS) is 18.8. The summed E-state index contributed by atoms with van der Waals surface area (Å²) >= 11 is 0. The van der Waals surface area contributed by atoms with Crippen molar-refractivity contribution in [2.24, 2.45) is 0 Å². The second-order valence-corrected chi connectivity index (χ2v) is 4.48. The molecule has 0 spiro atoms. The Bertz CT molecular complexity index is 531. The minimum absolute atomic E-state index is 0.00758. The molecule has 8 nitrogen and oxygen atoms in total. The fourth-order valence-corrected chi connectivity index (χ4v) is 1.88. The molecule has 1 aliphatic heterocycles. The van der Waals surface area contributed by atoms with Crippen molar-refractivity contribution >= 4 is 17.7 Å². The molecule has 0 aliphatic carbocycles. The number of carbonyl (C=O) groups excluding carboxylic acids is 3. The minimum atomic E-state index is -0.754. The van der Waals surface area contributed by atoms with Crippen molar-refractivity contribution in [2.75, 3.05) is 14.1 Å². The summed E-state index contributed by atoms with van der Waals surface area (Å²) in [6.45, 7) is 0. The summed E-state index contributed by atoms with van der Waals surface area (Å²) in [4.78, 5) is 39.2. The number of nitrogens with zero attached hydrogens (tertiary/aromatic N) is 3. The van der Waals surface area contributed by atoms with Crippen LogP contribution in [0.15, 0.2) is 24.5 Å². The molecule has 3 amide bonds. The van der Waals surface area contributed by atoms with Crippen molar-refractivity contribution in [2.45, 2.75) is 12.5 Å². The van der Waals surface area contributed by atoms with Crippen LogP contribution in [0.2, 0.25) is 0 Å². The van der Waals surface area contributed by atoms with Crippen LogP contribution in [0.3, 0.4) is 0 Å². The van der Waals surface area contributed by atoms with Crippen LogP contribution < -0.4 is 10.9 Å². The SMILES string of the molecule is CN(C)N1C(=O)C[C@@H](NNC(=O)c2ccncc2)C1=O. The number of hydrazine groups is 2. The summed E-state index contributed by atoms with van der Waals surface area (Å²) in [5, 5.41) is 2.45. The zero-order chi connectivity index (χ0) is 14.7. The maximum absolute atomic E-state index is 11.9. The molecule has 0 radical (unpaired) electrons. The zero-order valence-corrected chi connectivity index (χ0v) is 11.2. The number of hydrogen-bond donors (Lipinski definition) is 2. The quantitative estimate of drug-likeness (QED) is 0.537. The van der Waals surface area contributed by atoms with Gasteiger partial charge in [0.15, 0.2) is 0 Å². The highest BCUT2D eigenvalue weighted by Gasteiger charge is 2.40. The molecule has 106 valence electrons. The maximum atomic E-state index is 11.9. The highest BCUT2D eigenvalue weighted by atomic mass is 16.2. The fourth-order valence-electron chi connectivity index (χ4n) is 1.88. The number of imide groups is 1. The highest BCUT2D eigenvalue weighted by molar-refractivity contribution is 6.05. The lowest BCUT2D eigenvalue weighted by Crippen LogP contribution is -2.50. The van der Waals surface area contributed by atoms with Crippen LogP contribution >= 0.6 is 0 Å². The van der Waals surface area contributed by atoms with Crippen molar-refractivity contribution in [1.82, 2.24) is 25.9 Å². The average Bonchev–Trinajstić information content (AvgIpc) is 2.71. The van der Waals surface area contributed by atoms with E-state index in [0.29, 0.717) is 5.56 Å². The highest BCUT2D eigenvalue weighted by Crippen LogP contribution is 2.13. The monoisotopic (exact) mass is 277 g/mol. The largest absolute Gasteiger partial charge is 0.287 e. The van der Waals surface area contributed by atoms with Gasteiger partial charge in [0, 0.05) is 32.1 Å². The van der Waals surface area contributed by atoms with E-state index in [0.717, 1.165) is 5.01 Å². The molecule has 0 bridgehead atoms. The molecule has 0 unspecified atom stereocenters. The Morgan fingerprint density at radius 3 is 2.55 bits per heavy atom. The molecule has 1 aliphatic rings. The van der Waals surface area contributed by atoms with Crippen LogP contribution in [0.5, 0.6) is 0 Å². The molecule has 0 aromatic carbocycles. The smallest absolute Gasteiger partial charge is 0.265 e. The molecular weight excluding hydrogens is 262 g/mol. The maximum Gasteiger partial charge on any atom is 0.265 e. The summed E-state index contributed by atoms with van der Waals surface area (Å²) in [7, 11) is 3.21. The Balaban J connectivity index is 1.94. The molecular formula is C12H15N5O3. The summed E-state index contributed by atoms with van der Waals surface area (Å²) < 4.78 is 0. The van der Waals surface area contributed by atoms with E-state index in [4.69, 9.17) is 0 Å². The second-order valence-electron chi connectivity index (χ2n) is 4.48. The van der Waals surface area contributed by atoms with Gasteiger partial charge in [0.25, 0.3) is 11.8 Å². The van der Waals surface area contributed by atoms with Crippen LogP contribution in [0.1, 0.15) is 16.8 Å². The van der Waals surface area contributed by atoms with Crippen LogP contribution in [0, 0.1) is 0 Å². The first kappa shape index (κ1) is 14.1. The fraction of sp³-hybridized carbons (Fsp3) is 0.333. The number of rotatable bonds is 4. The van der Waals surface area contributed by atoms with Crippen molar-refractivity contribution in [3.63, 3.8) is 0 Å². The van der Waals surface area contributed by atoms with Gasteiger partial charge in [-0.3, -0.25) is 24.8 Å². The Hall–Kier alpha value is -2.32. The van der Waals surface area contributed by atoms with Crippen LogP contribution in [0.4, 0.5) is 0 Å². The predicted molar refractivity (Wildman–Crippen MR) is 68.8 cm³/mol. The summed E-state index contributed by atoms with van der Waals surface area (Å²) in [6, 6.07) is 2.34. The Morgan fingerprint density at radius 2 is 2.00 bits per heavy atom. The van der Waals surface area contributed by atoms with E-state index >= 15 is 0 Å². The lowest BCUT2D eigenvalue weighted by Gasteiger charge is -2.21. The number of aromatic nitrogens is 1. The first-order chi connectivity index (χ1) is 9.50. The molecule has 2 heterocycles. The number of hydrogen-bond acceptors (Lipinski definition) is 6. The summed E-state index contributed by atoms with van der Waals surface area (Å²) in [5.74, 6) is -1.10. The topological polar surface area (TPSA) is 94.6 Å². The Labute approximate surface area is 115 Å². The molecule has 2 rings (SSSR count). The zero-order valence-electron chi connectivity index (χ0n) is 11.2. The van der Waals surface area contributed by atoms with Gasteiger partial charge in [-0.05, 0) is 12.1 Å². The van der Waals surface area contributed by atoms with E-state index < -0.39 is 17.9 Å². The lowest BCUT2D eigenvalue weighted by molar-refractivity contribution is -0.153. The Kier molecular flexibility index (Phi) is 4.06. The van der Waals surface area contributed by atoms with Crippen LogP contribution in [-0.4, -0.2) is 52.9 Å². The van der Waals surface area contributed by atoms with Gasteiger partial charge in [0.1, 0.15) is 6.04 Å². The van der Waals surface area contributed by atoms with Gasteiger partial charge in [-0.2, -0.15) is 0 Å². The van der Waals surface area contributed by atoms with Gasteiger partial charge in [-0.25, -0.2) is 15.4 Å². The van der Waals surface area contributed by atoms with E-state index in [-0.39, 0.29) is 12.3 Å². The Morgan fingerprint density at radius 1 is 1.35 bits per heavy atom. The average molecular weight is 277 g/mol. The van der Waals surface area contributed by atoms with Gasteiger partial charge >= 0.3 is 0 Å². The van der Waals surface area contributed by atoms with E-state index in [1.807, 2.05) is 0 Å². The first-order valence-electron chi connectivity index (χ1n) is 6.00. The standard InChI is InChI=1S/C12H15N5O3/c1-16(2)17-10(18)7-9(12(17)20)14-15-11(19)8-3-5-13-6-4-8/h3-6,9,14H,7H2,1-2H3,(H,15,19)/t9-/m1/s1. The number of pyridine rings is 1. The van der Waals surface area contributed by atoms with Gasteiger partial charge in [0.05, 0.1) is 6.42 Å². The molecule has 1 saturated heterocycles. The molecule has 1 aromatic rings. The second kappa shape index (κ2) is 5.76. The number of nitrogens with one attached hydrogen (secondary N) is 2. The van der Waals surface area contributed by atoms with E-state index in [1.54, 1.807) is 26.2 Å². The number of carbonyl (C=O) groups is 3. The molecule has 2 N–H and O–H groups in total. The van der Waals surface area contributed by atoms with E-state index in [9.17, 15) is 14.4 Å².